The quantitative estimate of drug-likeness (QED) is 0.884. The van der Waals surface area contributed by atoms with Gasteiger partial charge in [-0.25, -0.2) is 4.39 Å². The number of nitrogens with zero attached hydrogens (tertiary/aromatic N) is 2. The Balaban J connectivity index is 2.11. The number of aryl methyl sites for hydroxylation is 1. The molecule has 0 spiro atoms. The molecule has 1 aromatic heterocycles. The van der Waals surface area contributed by atoms with Gasteiger partial charge >= 0.3 is 0 Å². The number of carbonyl (C=O) groups excluding carboxylic acids is 1. The van der Waals surface area contributed by atoms with Gasteiger partial charge in [0.25, 0.3) is 5.91 Å². The molecule has 0 fully saturated rings. The van der Waals surface area contributed by atoms with Crippen LogP contribution in [0.2, 0.25) is 0 Å². The number of carbonyl (C=O) groups is 1. The molecule has 0 bridgehead atoms. The highest BCUT2D eigenvalue weighted by atomic mass is 19.1. The third-order valence-electron chi connectivity index (χ3n) is 2.29. The molecule has 5 heteroatoms. The molecule has 0 aliphatic rings. The van der Waals surface area contributed by atoms with Crippen LogP contribution in [-0.4, -0.2) is 15.7 Å². The van der Waals surface area contributed by atoms with Crippen molar-refractivity contribution < 1.29 is 9.18 Å². The summed E-state index contributed by atoms with van der Waals surface area (Å²) in [6, 6.07) is 7.22. The van der Waals surface area contributed by atoms with E-state index in [2.05, 4.69) is 10.4 Å². The van der Waals surface area contributed by atoms with Crippen LogP contribution >= 0.6 is 0 Å². The van der Waals surface area contributed by atoms with Gasteiger partial charge in [-0.3, -0.25) is 9.48 Å². The molecule has 1 aromatic carbocycles. The van der Waals surface area contributed by atoms with Crippen LogP contribution in [0.15, 0.2) is 36.5 Å². The summed E-state index contributed by atoms with van der Waals surface area (Å²) in [6.07, 6.45) is 1.77. The number of hydrogen-bond acceptors (Lipinski definition) is 2. The van der Waals surface area contributed by atoms with Gasteiger partial charge in [0.05, 0.1) is 0 Å². The minimum Gasteiger partial charge on any atom is -0.305 e. The molecular formula is C12H12FN3O. The molecule has 17 heavy (non-hydrogen) atoms. The molecule has 2 aromatic rings. The van der Waals surface area contributed by atoms with E-state index in [-0.39, 0.29) is 11.5 Å². The highest BCUT2D eigenvalue weighted by Gasteiger charge is 2.08. The summed E-state index contributed by atoms with van der Waals surface area (Å²) in [5.41, 5.74) is 0.274. The Morgan fingerprint density at radius 3 is 2.94 bits per heavy atom. The molecule has 2 rings (SSSR count). The predicted molar refractivity (Wildman–Crippen MR) is 62.3 cm³/mol. The zero-order chi connectivity index (χ0) is 12.3. The lowest BCUT2D eigenvalue weighted by Gasteiger charge is -2.01. The Labute approximate surface area is 98.1 Å². The number of halogens is 1. The molecule has 0 saturated heterocycles. The van der Waals surface area contributed by atoms with E-state index in [1.807, 2.05) is 6.92 Å². The number of rotatable bonds is 3. The van der Waals surface area contributed by atoms with Crippen LogP contribution in [0.1, 0.15) is 17.3 Å². The second-order valence-corrected chi connectivity index (χ2v) is 3.52. The lowest BCUT2D eigenvalue weighted by Crippen LogP contribution is -2.12. The maximum Gasteiger partial charge on any atom is 0.256 e. The Morgan fingerprint density at radius 1 is 1.47 bits per heavy atom. The van der Waals surface area contributed by atoms with Crippen molar-refractivity contribution in [3.8, 4) is 0 Å². The molecule has 1 N–H and O–H groups in total. The van der Waals surface area contributed by atoms with Crippen LogP contribution in [-0.2, 0) is 6.54 Å². The molecule has 1 amide bonds. The van der Waals surface area contributed by atoms with Crippen molar-refractivity contribution in [3.63, 3.8) is 0 Å². The van der Waals surface area contributed by atoms with Crippen LogP contribution in [0.3, 0.4) is 0 Å². The van der Waals surface area contributed by atoms with Crippen LogP contribution < -0.4 is 5.32 Å². The van der Waals surface area contributed by atoms with E-state index in [0.717, 1.165) is 6.54 Å². The van der Waals surface area contributed by atoms with Gasteiger partial charge in [0.1, 0.15) is 5.82 Å². The average molecular weight is 233 g/mol. The summed E-state index contributed by atoms with van der Waals surface area (Å²) in [5.74, 6) is -0.344. The Kier molecular flexibility index (Phi) is 3.18. The van der Waals surface area contributed by atoms with E-state index in [1.165, 1.54) is 18.2 Å². The average Bonchev–Trinajstić information content (AvgIpc) is 2.77. The summed E-state index contributed by atoms with van der Waals surface area (Å²) >= 11 is 0. The Bertz CT molecular complexity index is 536. The number of aromatic nitrogens is 2. The lowest BCUT2D eigenvalue weighted by atomic mass is 10.2. The van der Waals surface area contributed by atoms with E-state index < -0.39 is 5.82 Å². The lowest BCUT2D eigenvalue weighted by molar-refractivity contribution is 0.102. The fraction of sp³-hybridized carbons (Fsp3) is 0.167. The molecular weight excluding hydrogens is 221 g/mol. The first kappa shape index (κ1) is 11.3. The van der Waals surface area contributed by atoms with Gasteiger partial charge in [-0.15, -0.1) is 0 Å². The molecule has 0 atom stereocenters. The summed E-state index contributed by atoms with van der Waals surface area (Å²) in [7, 11) is 0. The summed E-state index contributed by atoms with van der Waals surface area (Å²) in [4.78, 5) is 11.7. The van der Waals surface area contributed by atoms with E-state index >= 15 is 0 Å². The fourth-order valence-electron chi connectivity index (χ4n) is 1.42. The van der Waals surface area contributed by atoms with Gasteiger partial charge < -0.3 is 5.32 Å². The highest BCUT2D eigenvalue weighted by Crippen LogP contribution is 2.08. The SMILES string of the molecule is CCn1ccc(NC(=O)c2cccc(F)c2)n1. The Hall–Kier alpha value is -2.17. The van der Waals surface area contributed by atoms with Crippen molar-refractivity contribution in [2.24, 2.45) is 0 Å². The van der Waals surface area contributed by atoms with Gasteiger partial charge in [0.2, 0.25) is 0 Å². The summed E-state index contributed by atoms with van der Waals surface area (Å²) in [5, 5.41) is 6.71. The van der Waals surface area contributed by atoms with Crippen molar-refractivity contribution in [2.45, 2.75) is 13.5 Å². The molecule has 0 saturated carbocycles. The van der Waals surface area contributed by atoms with Gasteiger partial charge in [0, 0.05) is 24.4 Å². The first-order chi connectivity index (χ1) is 8.19. The van der Waals surface area contributed by atoms with Crippen LogP contribution in [0.25, 0.3) is 0 Å². The third kappa shape index (κ3) is 2.69. The van der Waals surface area contributed by atoms with Crippen LogP contribution in [0.4, 0.5) is 10.2 Å². The topological polar surface area (TPSA) is 46.9 Å². The molecule has 1 heterocycles. The standard InChI is InChI=1S/C12H12FN3O/c1-2-16-7-6-11(15-16)14-12(17)9-4-3-5-10(13)8-9/h3-8H,2H2,1H3,(H,14,15,17). The normalized spacial score (nSPS) is 10.2. The first-order valence-electron chi connectivity index (χ1n) is 5.29. The number of hydrogen-bond donors (Lipinski definition) is 1. The minimum atomic E-state index is -0.434. The van der Waals surface area contributed by atoms with Crippen molar-refractivity contribution in [1.29, 1.82) is 0 Å². The monoisotopic (exact) mass is 233 g/mol. The van der Waals surface area contributed by atoms with E-state index in [4.69, 9.17) is 0 Å². The van der Waals surface area contributed by atoms with E-state index in [9.17, 15) is 9.18 Å². The van der Waals surface area contributed by atoms with Crippen molar-refractivity contribution in [1.82, 2.24) is 9.78 Å². The summed E-state index contributed by atoms with van der Waals surface area (Å²) in [6.45, 7) is 2.68. The van der Waals surface area contributed by atoms with Gasteiger partial charge in [-0.05, 0) is 25.1 Å². The number of nitrogens with one attached hydrogen (secondary N) is 1. The number of benzene rings is 1. The number of anilines is 1. The number of amides is 1. The summed E-state index contributed by atoms with van der Waals surface area (Å²) < 4.78 is 14.6. The van der Waals surface area contributed by atoms with Gasteiger partial charge in [0.15, 0.2) is 5.82 Å². The maximum atomic E-state index is 12.9. The highest BCUT2D eigenvalue weighted by molar-refractivity contribution is 6.03. The predicted octanol–water partition coefficient (Wildman–Crippen LogP) is 2.29. The van der Waals surface area contributed by atoms with Crippen molar-refractivity contribution >= 4 is 11.7 Å². The molecule has 88 valence electrons. The van der Waals surface area contributed by atoms with E-state index in [0.29, 0.717) is 5.82 Å². The van der Waals surface area contributed by atoms with E-state index in [1.54, 1.807) is 23.0 Å². The van der Waals surface area contributed by atoms with Crippen molar-refractivity contribution in [3.05, 3.63) is 47.9 Å². The Morgan fingerprint density at radius 2 is 2.29 bits per heavy atom. The molecule has 4 nitrogen and oxygen atoms in total. The van der Waals surface area contributed by atoms with Crippen LogP contribution in [0.5, 0.6) is 0 Å². The maximum absolute atomic E-state index is 12.9. The smallest absolute Gasteiger partial charge is 0.256 e. The zero-order valence-corrected chi connectivity index (χ0v) is 9.35. The second-order valence-electron chi connectivity index (χ2n) is 3.52. The fourth-order valence-corrected chi connectivity index (χ4v) is 1.42. The molecule has 0 radical (unpaired) electrons. The van der Waals surface area contributed by atoms with Crippen molar-refractivity contribution in [2.75, 3.05) is 5.32 Å². The molecule has 0 aliphatic carbocycles. The van der Waals surface area contributed by atoms with Crippen LogP contribution in [0, 0.1) is 5.82 Å². The minimum absolute atomic E-state index is 0.274. The largest absolute Gasteiger partial charge is 0.305 e. The zero-order valence-electron chi connectivity index (χ0n) is 9.35. The molecule has 0 unspecified atom stereocenters. The molecule has 0 aliphatic heterocycles. The third-order valence-corrected chi connectivity index (χ3v) is 2.29. The van der Waals surface area contributed by atoms with Gasteiger partial charge in [-0.1, -0.05) is 6.07 Å². The second kappa shape index (κ2) is 4.78. The van der Waals surface area contributed by atoms with Gasteiger partial charge in [-0.2, -0.15) is 5.10 Å². The first-order valence-corrected chi connectivity index (χ1v) is 5.29.